The molecule has 3 aromatic rings. The number of hydrogen-bond acceptors (Lipinski definition) is 4. The number of pyridine rings is 1. The zero-order valence-corrected chi connectivity index (χ0v) is 19.7. The first kappa shape index (κ1) is 20.8. The highest BCUT2D eigenvalue weighted by molar-refractivity contribution is 9.10. The first-order valence-corrected chi connectivity index (χ1v) is 11.8. The summed E-state index contributed by atoms with van der Waals surface area (Å²) in [4.78, 5) is 20.1. The van der Waals surface area contributed by atoms with Crippen LogP contribution < -0.4 is 5.32 Å². The molecular weight excluding hydrogens is 501 g/mol. The van der Waals surface area contributed by atoms with Crippen LogP contribution in [-0.2, 0) is 0 Å². The highest BCUT2D eigenvalue weighted by Gasteiger charge is 2.40. The maximum absolute atomic E-state index is 13.7. The SMILES string of the molecule is O=C1c2cc(Cl)ccc2NC(c2cc(Br)nn2-c2ncccc2Cl)N1C1CCCCC1. The lowest BCUT2D eigenvalue weighted by Crippen LogP contribution is -2.50. The summed E-state index contributed by atoms with van der Waals surface area (Å²) in [6.07, 6.45) is 6.62. The van der Waals surface area contributed by atoms with E-state index in [0.29, 0.717) is 26.0 Å². The van der Waals surface area contributed by atoms with Crippen molar-refractivity contribution in [3.63, 3.8) is 0 Å². The molecule has 1 saturated carbocycles. The van der Waals surface area contributed by atoms with Crippen LogP contribution in [0.4, 0.5) is 5.69 Å². The molecule has 5 rings (SSSR count). The number of amides is 1. The fourth-order valence-corrected chi connectivity index (χ4v) is 5.27. The summed E-state index contributed by atoms with van der Waals surface area (Å²) in [5.74, 6) is 0.494. The number of carbonyl (C=O) groups excluding carboxylic acids is 1. The Kier molecular flexibility index (Phi) is 5.67. The van der Waals surface area contributed by atoms with E-state index in [0.717, 1.165) is 37.1 Å². The van der Waals surface area contributed by atoms with Gasteiger partial charge in [-0.3, -0.25) is 4.79 Å². The molecule has 1 aromatic carbocycles. The molecule has 1 amide bonds. The summed E-state index contributed by atoms with van der Waals surface area (Å²) in [5.41, 5.74) is 2.13. The Balaban J connectivity index is 1.65. The molecule has 31 heavy (non-hydrogen) atoms. The lowest BCUT2D eigenvalue weighted by molar-refractivity contribution is 0.0515. The average molecular weight is 521 g/mol. The van der Waals surface area contributed by atoms with Gasteiger partial charge in [0, 0.05) is 22.9 Å². The molecule has 1 fully saturated rings. The molecule has 1 aliphatic heterocycles. The van der Waals surface area contributed by atoms with Gasteiger partial charge in [-0.15, -0.1) is 0 Å². The van der Waals surface area contributed by atoms with Crippen LogP contribution in [0.5, 0.6) is 0 Å². The number of aromatic nitrogens is 3. The first-order chi connectivity index (χ1) is 15.0. The number of fused-ring (bicyclic) bond motifs is 1. The second-order valence-electron chi connectivity index (χ2n) is 7.85. The van der Waals surface area contributed by atoms with E-state index >= 15 is 0 Å². The maximum Gasteiger partial charge on any atom is 0.258 e. The summed E-state index contributed by atoms with van der Waals surface area (Å²) in [6, 6.07) is 11.0. The molecule has 0 spiro atoms. The molecule has 1 unspecified atom stereocenters. The number of nitrogens with one attached hydrogen (secondary N) is 1. The van der Waals surface area contributed by atoms with Gasteiger partial charge in [-0.2, -0.15) is 5.10 Å². The van der Waals surface area contributed by atoms with Gasteiger partial charge in [0.25, 0.3) is 5.91 Å². The largest absolute Gasteiger partial charge is 0.359 e. The molecule has 3 heterocycles. The monoisotopic (exact) mass is 519 g/mol. The minimum Gasteiger partial charge on any atom is -0.359 e. The number of hydrogen-bond donors (Lipinski definition) is 1. The standard InChI is InChI=1S/C22H20BrCl2N5O/c23-19-12-18(30(28-19)20-16(25)7-4-10-26-20)21-27-17-9-8-13(24)11-15(17)22(31)29(21)14-5-2-1-3-6-14/h4,7-12,14,21,27H,1-3,5-6H2. The predicted octanol–water partition coefficient (Wildman–Crippen LogP) is 6.24. The van der Waals surface area contributed by atoms with Gasteiger partial charge in [0.2, 0.25) is 0 Å². The summed E-state index contributed by atoms with van der Waals surface area (Å²) in [6.45, 7) is 0. The van der Waals surface area contributed by atoms with E-state index in [2.05, 4.69) is 31.3 Å². The number of anilines is 1. The van der Waals surface area contributed by atoms with Gasteiger partial charge in [-0.25, -0.2) is 9.67 Å². The average Bonchev–Trinajstić information content (AvgIpc) is 3.16. The van der Waals surface area contributed by atoms with Gasteiger partial charge in [-0.1, -0.05) is 42.5 Å². The molecule has 9 heteroatoms. The van der Waals surface area contributed by atoms with Crippen molar-refractivity contribution in [1.29, 1.82) is 0 Å². The van der Waals surface area contributed by atoms with Gasteiger partial charge in [0.15, 0.2) is 5.82 Å². The van der Waals surface area contributed by atoms with Gasteiger partial charge in [-0.05, 0) is 65.2 Å². The van der Waals surface area contributed by atoms with Crippen LogP contribution in [0.25, 0.3) is 5.82 Å². The fraction of sp³-hybridized carbons (Fsp3) is 0.318. The highest BCUT2D eigenvalue weighted by Crippen LogP contribution is 2.40. The zero-order chi connectivity index (χ0) is 21.5. The van der Waals surface area contributed by atoms with Crippen molar-refractivity contribution in [2.75, 3.05) is 5.32 Å². The van der Waals surface area contributed by atoms with Crippen molar-refractivity contribution in [1.82, 2.24) is 19.7 Å². The zero-order valence-electron chi connectivity index (χ0n) is 16.6. The lowest BCUT2D eigenvalue weighted by Gasteiger charge is -2.43. The number of rotatable bonds is 3. The molecule has 6 nitrogen and oxygen atoms in total. The molecule has 1 atom stereocenters. The molecular formula is C22H20BrCl2N5O. The number of benzene rings is 1. The Hall–Kier alpha value is -2.09. The van der Waals surface area contributed by atoms with Crippen molar-refractivity contribution >= 4 is 50.7 Å². The van der Waals surface area contributed by atoms with Crippen molar-refractivity contribution in [3.8, 4) is 5.82 Å². The number of halogens is 3. The van der Waals surface area contributed by atoms with Gasteiger partial charge < -0.3 is 10.2 Å². The van der Waals surface area contributed by atoms with E-state index in [9.17, 15) is 4.79 Å². The van der Waals surface area contributed by atoms with Crippen LogP contribution in [-0.4, -0.2) is 31.6 Å². The first-order valence-electron chi connectivity index (χ1n) is 10.3. The topological polar surface area (TPSA) is 63.1 Å². The molecule has 2 aliphatic rings. The number of nitrogens with zero attached hydrogens (tertiary/aromatic N) is 4. The summed E-state index contributed by atoms with van der Waals surface area (Å²) in [7, 11) is 0. The third-order valence-electron chi connectivity index (χ3n) is 5.91. The van der Waals surface area contributed by atoms with Crippen LogP contribution in [0, 0.1) is 0 Å². The van der Waals surface area contributed by atoms with Crippen LogP contribution in [0.15, 0.2) is 47.2 Å². The Bertz CT molecular complexity index is 1140. The minimum atomic E-state index is -0.416. The molecule has 2 aromatic heterocycles. The van der Waals surface area contributed by atoms with E-state index in [1.165, 1.54) is 6.42 Å². The van der Waals surface area contributed by atoms with Crippen molar-refractivity contribution in [2.24, 2.45) is 0 Å². The molecule has 0 radical (unpaired) electrons. The second-order valence-corrected chi connectivity index (χ2v) is 9.51. The van der Waals surface area contributed by atoms with E-state index in [1.807, 2.05) is 17.0 Å². The normalized spacial score (nSPS) is 19.3. The maximum atomic E-state index is 13.7. The second kappa shape index (κ2) is 8.45. The van der Waals surface area contributed by atoms with Gasteiger partial charge in [0.1, 0.15) is 10.8 Å². The van der Waals surface area contributed by atoms with Gasteiger partial charge in [0.05, 0.1) is 16.3 Å². The summed E-state index contributed by atoms with van der Waals surface area (Å²) >= 11 is 16.1. The Morgan fingerprint density at radius 3 is 2.68 bits per heavy atom. The summed E-state index contributed by atoms with van der Waals surface area (Å²) < 4.78 is 2.35. The fourth-order valence-electron chi connectivity index (χ4n) is 4.51. The van der Waals surface area contributed by atoms with Gasteiger partial charge >= 0.3 is 0 Å². The quantitative estimate of drug-likeness (QED) is 0.444. The third-order valence-corrected chi connectivity index (χ3v) is 6.83. The van der Waals surface area contributed by atoms with Crippen molar-refractivity contribution in [2.45, 2.75) is 44.3 Å². The minimum absolute atomic E-state index is 0.0239. The molecule has 160 valence electrons. The van der Waals surface area contributed by atoms with Crippen molar-refractivity contribution < 1.29 is 4.79 Å². The molecule has 0 saturated heterocycles. The highest BCUT2D eigenvalue weighted by atomic mass is 79.9. The molecule has 1 aliphatic carbocycles. The smallest absolute Gasteiger partial charge is 0.258 e. The van der Waals surface area contributed by atoms with Crippen LogP contribution in [0.2, 0.25) is 10.0 Å². The third kappa shape index (κ3) is 3.83. The predicted molar refractivity (Wildman–Crippen MR) is 125 cm³/mol. The van der Waals surface area contributed by atoms with Crippen LogP contribution in [0.3, 0.4) is 0 Å². The Morgan fingerprint density at radius 2 is 1.90 bits per heavy atom. The number of carbonyl (C=O) groups is 1. The van der Waals surface area contributed by atoms with Crippen molar-refractivity contribution in [3.05, 3.63) is 68.5 Å². The van der Waals surface area contributed by atoms with E-state index in [-0.39, 0.29) is 11.9 Å². The molecule has 0 bridgehead atoms. The lowest BCUT2D eigenvalue weighted by atomic mass is 9.92. The van der Waals surface area contributed by atoms with Crippen LogP contribution >= 0.6 is 39.1 Å². The van der Waals surface area contributed by atoms with E-state index < -0.39 is 6.17 Å². The van der Waals surface area contributed by atoms with Crippen LogP contribution in [0.1, 0.15) is 54.3 Å². The van der Waals surface area contributed by atoms with E-state index in [1.54, 1.807) is 35.1 Å². The summed E-state index contributed by atoms with van der Waals surface area (Å²) in [5, 5.41) is 9.16. The Labute approximate surface area is 198 Å². The Morgan fingerprint density at radius 1 is 1.10 bits per heavy atom. The molecule has 1 N–H and O–H groups in total. The van der Waals surface area contributed by atoms with E-state index in [4.69, 9.17) is 23.2 Å².